The topological polar surface area (TPSA) is 61.4 Å². The van der Waals surface area contributed by atoms with Gasteiger partial charge in [0.1, 0.15) is 0 Å². The van der Waals surface area contributed by atoms with Crippen molar-refractivity contribution < 1.29 is 9.59 Å². The minimum atomic E-state index is -0.135. The number of anilines is 2. The van der Waals surface area contributed by atoms with Crippen molar-refractivity contribution in [2.24, 2.45) is 0 Å². The number of carbonyl (C=O) groups excluding carboxylic acids is 2. The lowest BCUT2D eigenvalue weighted by atomic mass is 10.1. The summed E-state index contributed by atoms with van der Waals surface area (Å²) in [5.74, 6) is -0.194. The van der Waals surface area contributed by atoms with Crippen LogP contribution in [0.15, 0.2) is 36.4 Å². The molecule has 2 amide bonds. The average molecular weight is 434 g/mol. The smallest absolute Gasteiger partial charge is 0.238 e. The number of rotatable bonds is 8. The maximum Gasteiger partial charge on any atom is 0.238 e. The lowest BCUT2D eigenvalue weighted by Gasteiger charge is -2.22. The first kappa shape index (κ1) is 21.6. The zero-order chi connectivity index (χ0) is 21.0. The molecule has 2 aromatic carbocycles. The summed E-state index contributed by atoms with van der Waals surface area (Å²) in [5, 5.41) is 6.77. The minimum Gasteiger partial charge on any atom is -0.326 e. The Hall–Kier alpha value is -2.08. The molecule has 0 aliphatic heterocycles. The normalized spacial score (nSPS) is 13.4. The number of aryl methyl sites for hydroxylation is 2. The van der Waals surface area contributed by atoms with Gasteiger partial charge < -0.3 is 10.6 Å². The van der Waals surface area contributed by atoms with Crippen LogP contribution in [-0.2, 0) is 9.59 Å². The van der Waals surface area contributed by atoms with E-state index in [0.29, 0.717) is 28.3 Å². The molecule has 0 heterocycles. The van der Waals surface area contributed by atoms with E-state index in [1.165, 1.54) is 0 Å². The van der Waals surface area contributed by atoms with E-state index >= 15 is 0 Å². The van der Waals surface area contributed by atoms with Crippen LogP contribution in [0.4, 0.5) is 11.4 Å². The predicted molar refractivity (Wildman–Crippen MR) is 119 cm³/mol. The number of para-hydroxylation sites is 1. The molecular weight excluding hydrogens is 409 g/mol. The van der Waals surface area contributed by atoms with Gasteiger partial charge in [-0.3, -0.25) is 14.5 Å². The molecule has 29 heavy (non-hydrogen) atoms. The Bertz CT molecular complexity index is 872. The molecule has 7 heteroatoms. The molecule has 1 aliphatic rings. The highest BCUT2D eigenvalue weighted by Gasteiger charge is 2.30. The van der Waals surface area contributed by atoms with Gasteiger partial charge in [-0.15, -0.1) is 0 Å². The lowest BCUT2D eigenvalue weighted by molar-refractivity contribution is -0.119. The van der Waals surface area contributed by atoms with Crippen molar-refractivity contribution >= 4 is 46.4 Å². The van der Waals surface area contributed by atoms with Gasteiger partial charge in [0.05, 0.1) is 6.54 Å². The summed E-state index contributed by atoms with van der Waals surface area (Å²) in [7, 11) is 0. The van der Waals surface area contributed by atoms with Gasteiger partial charge in [0.15, 0.2) is 0 Å². The second kappa shape index (κ2) is 9.61. The molecular formula is C22H25Cl2N3O2. The third kappa shape index (κ3) is 6.46. The van der Waals surface area contributed by atoms with Crippen LogP contribution in [0.1, 0.15) is 30.4 Å². The highest BCUT2D eigenvalue weighted by molar-refractivity contribution is 6.35. The maximum absolute atomic E-state index is 12.6. The molecule has 1 aliphatic carbocycles. The Labute approximate surface area is 181 Å². The van der Waals surface area contributed by atoms with Crippen molar-refractivity contribution in [1.82, 2.24) is 4.90 Å². The summed E-state index contributed by atoms with van der Waals surface area (Å²) < 4.78 is 0. The number of hydrogen-bond donors (Lipinski definition) is 2. The summed E-state index contributed by atoms with van der Waals surface area (Å²) in [4.78, 5) is 27.0. The summed E-state index contributed by atoms with van der Waals surface area (Å²) >= 11 is 11.9. The van der Waals surface area contributed by atoms with Gasteiger partial charge in [-0.2, -0.15) is 0 Å². The second-order valence-corrected chi connectivity index (χ2v) is 8.35. The van der Waals surface area contributed by atoms with Gasteiger partial charge in [-0.1, -0.05) is 41.4 Å². The first-order chi connectivity index (χ1) is 13.8. The molecule has 0 radical (unpaired) electrons. The van der Waals surface area contributed by atoms with E-state index in [4.69, 9.17) is 23.2 Å². The lowest BCUT2D eigenvalue weighted by Crippen LogP contribution is -2.37. The summed E-state index contributed by atoms with van der Waals surface area (Å²) in [6, 6.07) is 11.2. The molecule has 2 aromatic rings. The number of benzene rings is 2. The summed E-state index contributed by atoms with van der Waals surface area (Å²) in [6.07, 6.45) is 2.40. The van der Waals surface area contributed by atoms with Crippen LogP contribution in [0, 0.1) is 13.8 Å². The third-order valence-electron chi connectivity index (χ3n) is 4.93. The summed E-state index contributed by atoms with van der Waals surface area (Å²) in [6.45, 7) is 4.75. The van der Waals surface area contributed by atoms with E-state index in [9.17, 15) is 9.59 Å². The molecule has 3 rings (SSSR count). The Morgan fingerprint density at radius 2 is 1.62 bits per heavy atom. The monoisotopic (exact) mass is 433 g/mol. The Morgan fingerprint density at radius 1 is 1.00 bits per heavy atom. The van der Waals surface area contributed by atoms with Crippen molar-refractivity contribution in [2.45, 2.75) is 39.2 Å². The SMILES string of the molecule is Cc1cccc(C)c1NC(=O)CN(CCC(=O)Nc1cc(Cl)cc(Cl)c1)C1CC1. The average Bonchev–Trinajstić information content (AvgIpc) is 3.46. The quantitative estimate of drug-likeness (QED) is 0.612. The van der Waals surface area contributed by atoms with E-state index in [0.717, 1.165) is 29.7 Å². The minimum absolute atomic E-state index is 0.0590. The Morgan fingerprint density at radius 3 is 2.21 bits per heavy atom. The fraction of sp³-hybridized carbons (Fsp3) is 0.364. The predicted octanol–water partition coefficient (Wildman–Crippen LogP) is 5.04. The number of halogens is 2. The van der Waals surface area contributed by atoms with Gasteiger partial charge in [0.2, 0.25) is 11.8 Å². The maximum atomic E-state index is 12.6. The molecule has 0 atom stereocenters. The number of nitrogens with zero attached hydrogens (tertiary/aromatic N) is 1. The van der Waals surface area contributed by atoms with Crippen LogP contribution < -0.4 is 10.6 Å². The molecule has 1 fully saturated rings. The number of nitrogens with one attached hydrogen (secondary N) is 2. The Balaban J connectivity index is 1.53. The number of amides is 2. The van der Waals surface area contributed by atoms with E-state index in [1.807, 2.05) is 32.0 Å². The molecule has 154 valence electrons. The summed E-state index contributed by atoms with van der Waals surface area (Å²) in [5.41, 5.74) is 3.51. The molecule has 2 N–H and O–H groups in total. The van der Waals surface area contributed by atoms with E-state index < -0.39 is 0 Å². The molecule has 5 nitrogen and oxygen atoms in total. The zero-order valence-corrected chi connectivity index (χ0v) is 18.1. The van der Waals surface area contributed by atoms with Crippen molar-refractivity contribution in [2.75, 3.05) is 23.7 Å². The molecule has 0 spiro atoms. The fourth-order valence-corrected chi connectivity index (χ4v) is 3.83. The van der Waals surface area contributed by atoms with Crippen molar-refractivity contribution in [3.05, 3.63) is 57.6 Å². The largest absolute Gasteiger partial charge is 0.326 e. The van der Waals surface area contributed by atoms with Crippen LogP contribution in [-0.4, -0.2) is 35.8 Å². The number of carbonyl (C=O) groups is 2. The van der Waals surface area contributed by atoms with Gasteiger partial charge in [-0.25, -0.2) is 0 Å². The van der Waals surface area contributed by atoms with Crippen LogP contribution in [0.3, 0.4) is 0 Å². The van der Waals surface area contributed by atoms with Crippen molar-refractivity contribution in [3.8, 4) is 0 Å². The Kier molecular flexibility index (Phi) is 7.17. The zero-order valence-electron chi connectivity index (χ0n) is 16.6. The van der Waals surface area contributed by atoms with Crippen molar-refractivity contribution in [3.63, 3.8) is 0 Å². The van der Waals surface area contributed by atoms with Gasteiger partial charge in [0.25, 0.3) is 0 Å². The van der Waals surface area contributed by atoms with Crippen LogP contribution in [0.5, 0.6) is 0 Å². The van der Waals surface area contributed by atoms with Crippen LogP contribution >= 0.6 is 23.2 Å². The fourth-order valence-electron chi connectivity index (χ4n) is 3.30. The molecule has 0 aromatic heterocycles. The highest BCUT2D eigenvalue weighted by atomic mass is 35.5. The van der Waals surface area contributed by atoms with Gasteiger partial charge >= 0.3 is 0 Å². The van der Waals surface area contributed by atoms with Crippen LogP contribution in [0.25, 0.3) is 0 Å². The third-order valence-corrected chi connectivity index (χ3v) is 5.36. The first-order valence-corrected chi connectivity index (χ1v) is 10.4. The van der Waals surface area contributed by atoms with Crippen LogP contribution in [0.2, 0.25) is 10.0 Å². The van der Waals surface area contributed by atoms with E-state index in [2.05, 4.69) is 15.5 Å². The molecule has 0 bridgehead atoms. The second-order valence-electron chi connectivity index (χ2n) is 7.47. The molecule has 1 saturated carbocycles. The highest BCUT2D eigenvalue weighted by Crippen LogP contribution is 2.27. The van der Waals surface area contributed by atoms with E-state index in [1.54, 1.807) is 18.2 Å². The number of hydrogen-bond acceptors (Lipinski definition) is 3. The van der Waals surface area contributed by atoms with Gasteiger partial charge in [-0.05, 0) is 56.0 Å². The van der Waals surface area contributed by atoms with E-state index in [-0.39, 0.29) is 24.8 Å². The van der Waals surface area contributed by atoms with Crippen molar-refractivity contribution in [1.29, 1.82) is 0 Å². The first-order valence-electron chi connectivity index (χ1n) is 9.68. The molecule has 0 unspecified atom stereocenters. The standard InChI is InChI=1S/C22H25Cl2N3O2/c1-14-4-3-5-15(2)22(14)26-21(29)13-27(19-6-7-19)9-8-20(28)25-18-11-16(23)10-17(24)12-18/h3-5,10-12,19H,6-9,13H2,1-2H3,(H,25,28)(H,26,29). The van der Waals surface area contributed by atoms with Gasteiger partial charge in [0, 0.05) is 40.4 Å². The molecule has 0 saturated heterocycles.